The molecule has 2 heterocycles. The number of aryl methyl sites for hydroxylation is 1. The maximum Gasteiger partial charge on any atom is 0.128 e. The van der Waals surface area contributed by atoms with Gasteiger partial charge in [-0.15, -0.1) is 11.6 Å². The van der Waals surface area contributed by atoms with Crippen LogP contribution in [0, 0.1) is 11.3 Å². The average molecular weight is 286 g/mol. The Morgan fingerprint density at radius 2 is 2.20 bits per heavy atom. The fraction of sp³-hybridized carbons (Fsp3) is 0.214. The van der Waals surface area contributed by atoms with Gasteiger partial charge in [-0.05, 0) is 18.2 Å². The molecule has 0 saturated heterocycles. The molecule has 0 N–H and O–H groups in total. The van der Waals surface area contributed by atoms with Crippen LogP contribution in [0.5, 0.6) is 0 Å². The third-order valence-electron chi connectivity index (χ3n) is 3.30. The highest BCUT2D eigenvalue weighted by Gasteiger charge is 2.12. The second-order valence-corrected chi connectivity index (χ2v) is 4.78. The molecule has 0 aliphatic heterocycles. The fourth-order valence-corrected chi connectivity index (χ4v) is 2.41. The summed E-state index contributed by atoms with van der Waals surface area (Å²) in [5.41, 5.74) is 2.36. The standard InChI is InChI=1S/C14H12ClN5/c1-19-5-4-17-14(19)9-20-12-6-10(8-16)2-3-11(12)18-13(20)7-15/h2-6H,7,9H2,1H3. The van der Waals surface area contributed by atoms with E-state index in [-0.39, 0.29) is 0 Å². The molecule has 20 heavy (non-hydrogen) atoms. The van der Waals surface area contributed by atoms with E-state index in [1.165, 1.54) is 0 Å². The van der Waals surface area contributed by atoms with Crippen LogP contribution in [0.1, 0.15) is 17.2 Å². The third kappa shape index (κ3) is 2.04. The van der Waals surface area contributed by atoms with Gasteiger partial charge in [-0.3, -0.25) is 0 Å². The topological polar surface area (TPSA) is 59.4 Å². The molecule has 1 aromatic carbocycles. The van der Waals surface area contributed by atoms with Crippen molar-refractivity contribution in [2.24, 2.45) is 7.05 Å². The van der Waals surface area contributed by atoms with Crippen LogP contribution in [0.3, 0.4) is 0 Å². The van der Waals surface area contributed by atoms with E-state index in [9.17, 15) is 0 Å². The lowest BCUT2D eigenvalue weighted by Gasteiger charge is -2.07. The van der Waals surface area contributed by atoms with E-state index in [0.717, 1.165) is 22.7 Å². The molecule has 0 unspecified atom stereocenters. The van der Waals surface area contributed by atoms with Gasteiger partial charge >= 0.3 is 0 Å². The summed E-state index contributed by atoms with van der Waals surface area (Å²) in [5.74, 6) is 2.01. The number of imidazole rings is 2. The first-order valence-corrected chi connectivity index (χ1v) is 6.68. The van der Waals surface area contributed by atoms with Crippen molar-refractivity contribution in [2.75, 3.05) is 0 Å². The lowest BCUT2D eigenvalue weighted by Crippen LogP contribution is -2.08. The van der Waals surface area contributed by atoms with Gasteiger partial charge in [0.15, 0.2) is 0 Å². The van der Waals surface area contributed by atoms with Gasteiger partial charge in [0.2, 0.25) is 0 Å². The van der Waals surface area contributed by atoms with Crippen molar-refractivity contribution in [2.45, 2.75) is 12.4 Å². The fourth-order valence-electron chi connectivity index (χ4n) is 2.21. The van der Waals surface area contributed by atoms with Gasteiger partial charge < -0.3 is 9.13 Å². The predicted molar refractivity (Wildman–Crippen MR) is 76.3 cm³/mol. The monoisotopic (exact) mass is 285 g/mol. The highest BCUT2D eigenvalue weighted by molar-refractivity contribution is 6.16. The summed E-state index contributed by atoms with van der Waals surface area (Å²) in [4.78, 5) is 8.82. The third-order valence-corrected chi connectivity index (χ3v) is 3.54. The quantitative estimate of drug-likeness (QED) is 0.695. The summed E-state index contributed by atoms with van der Waals surface area (Å²) in [7, 11) is 1.95. The Balaban J connectivity index is 2.16. The molecule has 0 aliphatic carbocycles. The number of alkyl halides is 1. The summed E-state index contributed by atoms with van der Waals surface area (Å²) in [5, 5.41) is 9.03. The average Bonchev–Trinajstić information content (AvgIpc) is 3.03. The van der Waals surface area contributed by atoms with Crippen LogP contribution in [0.2, 0.25) is 0 Å². The number of rotatable bonds is 3. The summed E-state index contributed by atoms with van der Waals surface area (Å²) in [6, 6.07) is 7.59. The number of aromatic nitrogens is 4. The molecule has 6 heteroatoms. The van der Waals surface area contributed by atoms with Crippen LogP contribution >= 0.6 is 11.6 Å². The number of halogens is 1. The van der Waals surface area contributed by atoms with Crippen molar-refractivity contribution in [1.29, 1.82) is 5.26 Å². The molecule has 0 fully saturated rings. The summed E-state index contributed by atoms with van der Waals surface area (Å²) in [6.45, 7) is 0.580. The largest absolute Gasteiger partial charge is 0.337 e. The van der Waals surface area contributed by atoms with Gasteiger partial charge in [0.1, 0.15) is 11.6 Å². The lowest BCUT2D eigenvalue weighted by molar-refractivity contribution is 0.693. The van der Waals surface area contributed by atoms with Gasteiger partial charge in [0.05, 0.1) is 35.1 Å². The molecular formula is C14H12ClN5. The second-order valence-electron chi connectivity index (χ2n) is 4.52. The minimum absolute atomic E-state index is 0.320. The van der Waals surface area contributed by atoms with E-state index in [1.807, 2.05) is 34.5 Å². The van der Waals surface area contributed by atoms with E-state index in [1.54, 1.807) is 12.3 Å². The molecule has 5 nitrogen and oxygen atoms in total. The first kappa shape index (κ1) is 12.7. The van der Waals surface area contributed by atoms with Crippen LogP contribution in [-0.4, -0.2) is 19.1 Å². The van der Waals surface area contributed by atoms with Crippen LogP contribution in [0.25, 0.3) is 11.0 Å². The zero-order chi connectivity index (χ0) is 14.1. The molecule has 0 saturated carbocycles. The summed E-state index contributed by atoms with van der Waals surface area (Å²) < 4.78 is 3.96. The van der Waals surface area contributed by atoms with Crippen molar-refractivity contribution in [3.05, 3.63) is 47.8 Å². The Labute approximate surface area is 121 Å². The number of nitriles is 1. The lowest BCUT2D eigenvalue weighted by atomic mass is 10.2. The van der Waals surface area contributed by atoms with Crippen molar-refractivity contribution >= 4 is 22.6 Å². The molecule has 0 radical (unpaired) electrons. The molecule has 0 atom stereocenters. The molecule has 2 aromatic heterocycles. The smallest absolute Gasteiger partial charge is 0.128 e. The second kappa shape index (κ2) is 4.99. The Morgan fingerprint density at radius 3 is 2.85 bits per heavy atom. The van der Waals surface area contributed by atoms with E-state index in [2.05, 4.69) is 16.0 Å². The first-order chi connectivity index (χ1) is 9.72. The van der Waals surface area contributed by atoms with Crippen molar-refractivity contribution in [3.63, 3.8) is 0 Å². The molecular weight excluding hydrogens is 274 g/mol. The molecule has 3 rings (SSSR count). The molecule has 0 aliphatic rings. The number of benzene rings is 1. The summed E-state index contributed by atoms with van der Waals surface area (Å²) >= 11 is 5.98. The molecule has 0 amide bonds. The predicted octanol–water partition coefficient (Wildman–Crippen LogP) is 2.43. The zero-order valence-corrected chi connectivity index (χ0v) is 11.7. The number of nitrogens with zero attached hydrogens (tertiary/aromatic N) is 5. The molecule has 3 aromatic rings. The normalized spacial score (nSPS) is 10.8. The van der Waals surface area contributed by atoms with Crippen LogP contribution < -0.4 is 0 Å². The van der Waals surface area contributed by atoms with E-state index < -0.39 is 0 Å². The van der Waals surface area contributed by atoms with Gasteiger partial charge in [-0.2, -0.15) is 5.26 Å². The minimum Gasteiger partial charge on any atom is -0.337 e. The Morgan fingerprint density at radius 1 is 1.35 bits per heavy atom. The maximum absolute atomic E-state index is 9.03. The van der Waals surface area contributed by atoms with Crippen LogP contribution in [0.15, 0.2) is 30.6 Å². The van der Waals surface area contributed by atoms with E-state index >= 15 is 0 Å². The van der Waals surface area contributed by atoms with Crippen molar-refractivity contribution < 1.29 is 0 Å². The molecule has 100 valence electrons. The van der Waals surface area contributed by atoms with Gasteiger partial charge in [-0.25, -0.2) is 9.97 Å². The Bertz CT molecular complexity index is 809. The van der Waals surface area contributed by atoms with Gasteiger partial charge in [0, 0.05) is 19.4 Å². The first-order valence-electron chi connectivity index (χ1n) is 6.14. The van der Waals surface area contributed by atoms with Gasteiger partial charge in [-0.1, -0.05) is 0 Å². The SMILES string of the molecule is Cn1ccnc1Cn1c(CCl)nc2ccc(C#N)cc21. The zero-order valence-electron chi connectivity index (χ0n) is 10.9. The highest BCUT2D eigenvalue weighted by atomic mass is 35.5. The number of hydrogen-bond acceptors (Lipinski definition) is 3. The number of hydrogen-bond donors (Lipinski definition) is 0. The van der Waals surface area contributed by atoms with E-state index in [4.69, 9.17) is 16.9 Å². The van der Waals surface area contributed by atoms with Crippen LogP contribution in [-0.2, 0) is 19.5 Å². The van der Waals surface area contributed by atoms with Crippen molar-refractivity contribution in [3.8, 4) is 6.07 Å². The maximum atomic E-state index is 9.03. The van der Waals surface area contributed by atoms with Gasteiger partial charge in [0.25, 0.3) is 0 Å². The Kier molecular flexibility index (Phi) is 3.17. The molecule has 0 spiro atoms. The van der Waals surface area contributed by atoms with Crippen molar-refractivity contribution in [1.82, 2.24) is 19.1 Å². The van der Waals surface area contributed by atoms with E-state index in [0.29, 0.717) is 18.0 Å². The minimum atomic E-state index is 0.320. The Hall–Kier alpha value is -2.32. The highest BCUT2D eigenvalue weighted by Crippen LogP contribution is 2.20. The summed E-state index contributed by atoms with van der Waals surface area (Å²) in [6.07, 6.45) is 3.66. The van der Waals surface area contributed by atoms with Crippen LogP contribution in [0.4, 0.5) is 0 Å². The molecule has 0 bridgehead atoms. The number of fused-ring (bicyclic) bond motifs is 1.